The predicted molar refractivity (Wildman–Crippen MR) is 86.2 cm³/mol. The van der Waals surface area contributed by atoms with Gasteiger partial charge >= 0.3 is 0 Å². The van der Waals surface area contributed by atoms with Crippen LogP contribution < -0.4 is 5.32 Å². The van der Waals surface area contributed by atoms with Gasteiger partial charge in [0, 0.05) is 6.04 Å². The molecule has 4 aliphatic carbocycles. The van der Waals surface area contributed by atoms with Gasteiger partial charge in [-0.3, -0.25) is 0 Å². The number of hydrogen-bond acceptors (Lipinski definition) is 1. The first-order valence-corrected chi connectivity index (χ1v) is 9.16. The molecule has 5 rings (SSSR count). The summed E-state index contributed by atoms with van der Waals surface area (Å²) in [6.07, 6.45) is 10.0. The second-order valence-corrected chi connectivity index (χ2v) is 8.07. The molecule has 4 aliphatic rings. The van der Waals surface area contributed by atoms with Gasteiger partial charge in [-0.2, -0.15) is 0 Å². The molecule has 2 bridgehead atoms. The van der Waals surface area contributed by atoms with E-state index in [1.807, 2.05) is 0 Å². The molecule has 0 amide bonds. The van der Waals surface area contributed by atoms with E-state index in [4.69, 9.17) is 0 Å². The largest absolute Gasteiger partial charge is 0.313 e. The summed E-state index contributed by atoms with van der Waals surface area (Å²) in [7, 11) is 2.18. The molecule has 0 spiro atoms. The second kappa shape index (κ2) is 4.59. The molecule has 1 aromatic carbocycles. The van der Waals surface area contributed by atoms with E-state index in [1.165, 1.54) is 38.5 Å². The lowest BCUT2D eigenvalue weighted by molar-refractivity contribution is 0.385. The lowest BCUT2D eigenvalue weighted by Crippen LogP contribution is -2.22. The Labute approximate surface area is 128 Å². The average molecular weight is 281 g/mol. The normalized spacial score (nSPS) is 40.7. The Hall–Kier alpha value is -0.820. The molecule has 5 atom stereocenters. The molecule has 0 saturated heterocycles. The Balaban J connectivity index is 1.43. The van der Waals surface area contributed by atoms with Crippen LogP contribution in [0.4, 0.5) is 0 Å². The summed E-state index contributed by atoms with van der Waals surface area (Å²) in [6, 6.07) is 8.03. The summed E-state index contributed by atoms with van der Waals surface area (Å²) in [5.41, 5.74) is 4.85. The molecule has 1 N–H and O–H groups in total. The molecule has 3 saturated carbocycles. The summed E-state index contributed by atoms with van der Waals surface area (Å²) < 4.78 is 0. The summed E-state index contributed by atoms with van der Waals surface area (Å²) in [5, 5.41) is 3.68. The summed E-state index contributed by atoms with van der Waals surface area (Å²) in [4.78, 5) is 0. The van der Waals surface area contributed by atoms with E-state index >= 15 is 0 Å². The van der Waals surface area contributed by atoms with Crippen LogP contribution in [0.3, 0.4) is 0 Å². The van der Waals surface area contributed by atoms with E-state index in [0.29, 0.717) is 6.04 Å². The van der Waals surface area contributed by atoms with Gasteiger partial charge in [-0.1, -0.05) is 18.2 Å². The molecular formula is C20H27N. The van der Waals surface area contributed by atoms with Crippen LogP contribution in [0, 0.1) is 29.6 Å². The maximum Gasteiger partial charge on any atom is 0.0351 e. The third kappa shape index (κ3) is 1.79. The van der Waals surface area contributed by atoms with Crippen LogP contribution in [0.1, 0.15) is 54.8 Å². The van der Waals surface area contributed by atoms with Gasteiger partial charge in [-0.05, 0) is 98.3 Å². The molecule has 1 aromatic rings. The lowest BCUT2D eigenvalue weighted by Gasteiger charge is -2.23. The molecular weight excluding hydrogens is 254 g/mol. The molecule has 3 fully saturated rings. The standard InChI is InChI=1S/C20H27N/c1-21-20(19-17-14-7-8-15(11-14)18(17)19)16-9-6-12-4-2-3-5-13(12)10-16/h6,9-10,14-15,17-21H,2-5,7-8,11H2,1H3. The molecule has 1 nitrogen and oxygen atoms in total. The van der Waals surface area contributed by atoms with E-state index in [0.717, 1.165) is 29.6 Å². The van der Waals surface area contributed by atoms with E-state index in [-0.39, 0.29) is 0 Å². The Morgan fingerprint density at radius 3 is 2.43 bits per heavy atom. The van der Waals surface area contributed by atoms with Gasteiger partial charge in [0.25, 0.3) is 0 Å². The quantitative estimate of drug-likeness (QED) is 0.879. The Morgan fingerprint density at radius 1 is 1.00 bits per heavy atom. The minimum Gasteiger partial charge on any atom is -0.313 e. The molecule has 21 heavy (non-hydrogen) atoms. The predicted octanol–water partition coefficient (Wildman–Crippen LogP) is 4.12. The van der Waals surface area contributed by atoms with E-state index in [2.05, 4.69) is 30.6 Å². The van der Waals surface area contributed by atoms with Gasteiger partial charge in [0.2, 0.25) is 0 Å². The third-order valence-electron chi connectivity index (χ3n) is 7.22. The number of rotatable bonds is 3. The van der Waals surface area contributed by atoms with Crippen LogP contribution in [-0.2, 0) is 12.8 Å². The molecule has 0 heterocycles. The highest BCUT2D eigenvalue weighted by atomic mass is 14.9. The van der Waals surface area contributed by atoms with E-state index < -0.39 is 0 Å². The van der Waals surface area contributed by atoms with Crippen LogP contribution in [0.2, 0.25) is 0 Å². The molecule has 0 aromatic heterocycles. The first kappa shape index (κ1) is 12.7. The smallest absolute Gasteiger partial charge is 0.0351 e. The van der Waals surface area contributed by atoms with Crippen LogP contribution in [0.5, 0.6) is 0 Å². The Kier molecular flexibility index (Phi) is 2.77. The lowest BCUT2D eigenvalue weighted by atomic mass is 9.87. The number of aryl methyl sites for hydroxylation is 2. The zero-order valence-electron chi connectivity index (χ0n) is 13.1. The summed E-state index contributed by atoms with van der Waals surface area (Å²) >= 11 is 0. The first-order chi connectivity index (χ1) is 10.4. The third-order valence-corrected chi connectivity index (χ3v) is 7.22. The van der Waals surface area contributed by atoms with Crippen LogP contribution in [-0.4, -0.2) is 7.05 Å². The Morgan fingerprint density at radius 2 is 1.71 bits per heavy atom. The fourth-order valence-electron chi connectivity index (χ4n) is 6.37. The highest BCUT2D eigenvalue weighted by Gasteiger charge is 2.66. The maximum atomic E-state index is 3.68. The average Bonchev–Trinajstić information content (AvgIpc) is 2.94. The highest BCUT2D eigenvalue weighted by molar-refractivity contribution is 5.37. The van der Waals surface area contributed by atoms with Crippen LogP contribution in [0.15, 0.2) is 18.2 Å². The van der Waals surface area contributed by atoms with Crippen molar-refractivity contribution in [2.24, 2.45) is 29.6 Å². The molecule has 0 radical (unpaired) electrons. The van der Waals surface area contributed by atoms with Crippen molar-refractivity contribution in [3.05, 3.63) is 34.9 Å². The van der Waals surface area contributed by atoms with Gasteiger partial charge in [-0.25, -0.2) is 0 Å². The van der Waals surface area contributed by atoms with Crippen LogP contribution >= 0.6 is 0 Å². The van der Waals surface area contributed by atoms with Gasteiger partial charge in [-0.15, -0.1) is 0 Å². The maximum absolute atomic E-state index is 3.68. The number of hydrogen-bond donors (Lipinski definition) is 1. The van der Waals surface area contributed by atoms with Gasteiger partial charge in [0.15, 0.2) is 0 Å². The van der Waals surface area contributed by atoms with Crippen LogP contribution in [0.25, 0.3) is 0 Å². The van der Waals surface area contributed by atoms with Crippen molar-refractivity contribution in [3.8, 4) is 0 Å². The number of fused-ring (bicyclic) bond motifs is 6. The fourth-order valence-corrected chi connectivity index (χ4v) is 6.37. The first-order valence-electron chi connectivity index (χ1n) is 9.16. The van der Waals surface area contributed by atoms with Crippen molar-refractivity contribution >= 4 is 0 Å². The molecule has 5 unspecified atom stereocenters. The van der Waals surface area contributed by atoms with Crippen molar-refractivity contribution in [1.82, 2.24) is 5.32 Å². The highest BCUT2D eigenvalue weighted by Crippen LogP contribution is 2.72. The summed E-state index contributed by atoms with van der Waals surface area (Å²) in [6.45, 7) is 0. The fraction of sp³-hybridized carbons (Fsp3) is 0.700. The topological polar surface area (TPSA) is 12.0 Å². The van der Waals surface area contributed by atoms with Crippen molar-refractivity contribution in [1.29, 1.82) is 0 Å². The molecule has 0 aliphatic heterocycles. The zero-order chi connectivity index (χ0) is 14.0. The van der Waals surface area contributed by atoms with Gasteiger partial charge < -0.3 is 5.32 Å². The second-order valence-electron chi connectivity index (χ2n) is 8.07. The van der Waals surface area contributed by atoms with Gasteiger partial charge in [0.1, 0.15) is 0 Å². The SMILES string of the molecule is CNC(c1ccc2c(c1)CCCC2)C1C2C3CCC(C3)C21. The van der Waals surface area contributed by atoms with E-state index in [9.17, 15) is 0 Å². The van der Waals surface area contributed by atoms with E-state index in [1.54, 1.807) is 23.1 Å². The number of nitrogens with one attached hydrogen (secondary N) is 1. The minimum absolute atomic E-state index is 0.621. The zero-order valence-corrected chi connectivity index (χ0v) is 13.1. The van der Waals surface area contributed by atoms with Crippen molar-refractivity contribution < 1.29 is 0 Å². The molecule has 112 valence electrons. The monoisotopic (exact) mass is 281 g/mol. The Bertz CT molecular complexity index is 547. The summed E-state index contributed by atoms with van der Waals surface area (Å²) in [5.74, 6) is 5.24. The van der Waals surface area contributed by atoms with Crippen molar-refractivity contribution in [2.45, 2.75) is 51.0 Å². The molecule has 1 heteroatoms. The number of benzene rings is 1. The van der Waals surface area contributed by atoms with Gasteiger partial charge in [0.05, 0.1) is 0 Å². The van der Waals surface area contributed by atoms with Crippen molar-refractivity contribution in [2.75, 3.05) is 7.05 Å². The minimum atomic E-state index is 0.621. The van der Waals surface area contributed by atoms with Crippen molar-refractivity contribution in [3.63, 3.8) is 0 Å².